The molecule has 0 saturated carbocycles. The molecule has 2 aromatic heterocycles. The Balaban J connectivity index is 1.50. The zero-order valence-electron chi connectivity index (χ0n) is 15.7. The van der Waals surface area contributed by atoms with E-state index in [-0.39, 0.29) is 18.0 Å². The van der Waals surface area contributed by atoms with E-state index in [1.165, 1.54) is 34.2 Å². The van der Waals surface area contributed by atoms with Crippen LogP contribution in [0, 0.1) is 12.7 Å². The van der Waals surface area contributed by atoms with Crippen molar-refractivity contribution in [1.82, 2.24) is 25.1 Å². The summed E-state index contributed by atoms with van der Waals surface area (Å²) < 4.78 is 15.8. The molecule has 3 heterocycles. The molecule has 1 unspecified atom stereocenters. The first kappa shape index (κ1) is 19.2. The number of benzene rings is 1. The van der Waals surface area contributed by atoms with E-state index in [2.05, 4.69) is 20.8 Å². The summed E-state index contributed by atoms with van der Waals surface area (Å²) in [6, 6.07) is 7.43. The van der Waals surface area contributed by atoms with Crippen LogP contribution in [0.4, 0.5) is 10.1 Å². The van der Waals surface area contributed by atoms with Crippen LogP contribution in [0.2, 0.25) is 0 Å². The number of carbonyl (C=O) groups excluding carboxylic acids is 2. The van der Waals surface area contributed by atoms with Crippen molar-refractivity contribution in [1.29, 1.82) is 0 Å². The van der Waals surface area contributed by atoms with Gasteiger partial charge in [-0.2, -0.15) is 4.68 Å². The third-order valence-corrected chi connectivity index (χ3v) is 5.74. The Morgan fingerprint density at radius 3 is 2.93 bits per heavy atom. The van der Waals surface area contributed by atoms with Crippen molar-refractivity contribution in [2.75, 3.05) is 11.9 Å². The Kier molecular flexibility index (Phi) is 5.34. The van der Waals surface area contributed by atoms with E-state index >= 15 is 0 Å². The summed E-state index contributed by atoms with van der Waals surface area (Å²) in [7, 11) is 0. The molecule has 150 valence electrons. The highest BCUT2D eigenvalue weighted by molar-refractivity contribution is 7.10. The highest BCUT2D eigenvalue weighted by Gasteiger charge is 2.34. The Bertz CT molecular complexity index is 1040. The van der Waals surface area contributed by atoms with Crippen molar-refractivity contribution in [2.45, 2.75) is 32.2 Å². The summed E-state index contributed by atoms with van der Waals surface area (Å²) in [6.45, 7) is 2.24. The molecule has 1 aromatic carbocycles. The molecule has 0 spiro atoms. The number of thiophene rings is 1. The summed E-state index contributed by atoms with van der Waals surface area (Å²) in [5.41, 5.74) is 0.557. The number of amides is 2. The average Bonchev–Trinajstić information content (AvgIpc) is 3.45. The number of nitrogens with zero attached hydrogens (tertiary/aromatic N) is 5. The third kappa shape index (κ3) is 4.02. The van der Waals surface area contributed by atoms with Gasteiger partial charge in [-0.25, -0.2) is 4.39 Å². The second-order valence-corrected chi connectivity index (χ2v) is 7.82. The molecule has 1 atom stereocenters. The van der Waals surface area contributed by atoms with Crippen LogP contribution < -0.4 is 5.32 Å². The Morgan fingerprint density at radius 1 is 1.34 bits per heavy atom. The molecular formula is C19H19FN6O2S. The Hall–Kier alpha value is -3.14. The van der Waals surface area contributed by atoms with Gasteiger partial charge in [0.1, 0.15) is 11.9 Å². The number of carbonyl (C=O) groups is 2. The van der Waals surface area contributed by atoms with Gasteiger partial charge in [0, 0.05) is 11.4 Å². The zero-order valence-corrected chi connectivity index (χ0v) is 16.5. The summed E-state index contributed by atoms with van der Waals surface area (Å²) in [4.78, 5) is 28.0. The molecule has 29 heavy (non-hydrogen) atoms. The number of likely N-dealkylation sites (tertiary alicyclic amines) is 1. The van der Waals surface area contributed by atoms with Crippen molar-refractivity contribution in [3.05, 3.63) is 52.2 Å². The summed E-state index contributed by atoms with van der Waals surface area (Å²) in [6.07, 6.45) is 1.56. The van der Waals surface area contributed by atoms with Gasteiger partial charge in [0.15, 0.2) is 5.82 Å². The van der Waals surface area contributed by atoms with Gasteiger partial charge in [-0.05, 0) is 59.8 Å². The van der Waals surface area contributed by atoms with Gasteiger partial charge in [-0.15, -0.1) is 16.4 Å². The van der Waals surface area contributed by atoms with Crippen LogP contribution in [0.15, 0.2) is 35.7 Å². The smallest absolute Gasteiger partial charge is 0.247 e. The lowest BCUT2D eigenvalue weighted by molar-refractivity contribution is -0.136. The van der Waals surface area contributed by atoms with Gasteiger partial charge in [-0.1, -0.05) is 6.07 Å². The minimum atomic E-state index is -0.611. The van der Waals surface area contributed by atoms with Crippen LogP contribution in [0.1, 0.15) is 23.5 Å². The van der Waals surface area contributed by atoms with E-state index in [0.717, 1.165) is 11.3 Å². The van der Waals surface area contributed by atoms with Crippen LogP contribution in [0.25, 0.3) is 5.69 Å². The quantitative estimate of drug-likeness (QED) is 0.692. The standard InChI is InChI=1S/C19H19FN6O2S/c1-12-22-23-24-26(12)13-6-7-15(20)16(10-13)21-19(28)17-5-2-8-25(17)18(27)11-14-4-3-9-29-14/h3-4,6-7,9-10,17H,2,5,8,11H2,1H3,(H,21,28). The molecular weight excluding hydrogens is 395 g/mol. The van der Waals surface area contributed by atoms with E-state index in [9.17, 15) is 14.0 Å². The maximum Gasteiger partial charge on any atom is 0.247 e. The summed E-state index contributed by atoms with van der Waals surface area (Å²) >= 11 is 1.51. The molecule has 1 aliphatic heterocycles. The van der Waals surface area contributed by atoms with Crippen LogP contribution in [-0.4, -0.2) is 49.5 Å². The number of anilines is 1. The van der Waals surface area contributed by atoms with Gasteiger partial charge in [-0.3, -0.25) is 9.59 Å². The molecule has 10 heteroatoms. The molecule has 0 radical (unpaired) electrons. The first-order chi connectivity index (χ1) is 14.0. The number of hydrogen-bond donors (Lipinski definition) is 1. The highest BCUT2D eigenvalue weighted by atomic mass is 32.1. The Morgan fingerprint density at radius 2 is 2.21 bits per heavy atom. The van der Waals surface area contributed by atoms with Crippen molar-refractivity contribution in [3.63, 3.8) is 0 Å². The maximum absolute atomic E-state index is 14.3. The number of aryl methyl sites for hydroxylation is 1. The molecule has 1 fully saturated rings. The summed E-state index contributed by atoms with van der Waals surface area (Å²) in [5.74, 6) is -0.521. The number of tetrazole rings is 1. The molecule has 2 amide bonds. The fraction of sp³-hybridized carbons (Fsp3) is 0.316. The number of aromatic nitrogens is 4. The van der Waals surface area contributed by atoms with Crippen LogP contribution in [0.5, 0.6) is 0 Å². The van der Waals surface area contributed by atoms with Crippen molar-refractivity contribution >= 4 is 28.8 Å². The summed E-state index contributed by atoms with van der Waals surface area (Å²) in [5, 5.41) is 15.8. The third-order valence-electron chi connectivity index (χ3n) is 4.86. The van der Waals surface area contributed by atoms with E-state index < -0.39 is 17.8 Å². The van der Waals surface area contributed by atoms with Gasteiger partial charge < -0.3 is 10.2 Å². The molecule has 4 rings (SSSR count). The highest BCUT2D eigenvalue weighted by Crippen LogP contribution is 2.24. The van der Waals surface area contributed by atoms with Gasteiger partial charge in [0.05, 0.1) is 17.8 Å². The van der Waals surface area contributed by atoms with Gasteiger partial charge >= 0.3 is 0 Å². The van der Waals surface area contributed by atoms with Crippen LogP contribution in [0.3, 0.4) is 0 Å². The minimum Gasteiger partial charge on any atom is -0.330 e. The fourth-order valence-electron chi connectivity index (χ4n) is 3.43. The largest absolute Gasteiger partial charge is 0.330 e. The van der Waals surface area contributed by atoms with E-state index in [4.69, 9.17) is 0 Å². The van der Waals surface area contributed by atoms with Crippen LogP contribution >= 0.6 is 11.3 Å². The molecule has 0 bridgehead atoms. The second-order valence-electron chi connectivity index (χ2n) is 6.79. The van der Waals surface area contributed by atoms with E-state index in [1.807, 2.05) is 17.5 Å². The van der Waals surface area contributed by atoms with Gasteiger partial charge in [0.25, 0.3) is 0 Å². The van der Waals surface area contributed by atoms with Crippen LogP contribution in [-0.2, 0) is 16.0 Å². The predicted molar refractivity (Wildman–Crippen MR) is 105 cm³/mol. The van der Waals surface area contributed by atoms with Crippen molar-refractivity contribution in [3.8, 4) is 5.69 Å². The normalized spacial score (nSPS) is 16.2. The Labute approximate surface area is 170 Å². The lowest BCUT2D eigenvalue weighted by Crippen LogP contribution is -2.43. The molecule has 8 nitrogen and oxygen atoms in total. The maximum atomic E-state index is 14.3. The topological polar surface area (TPSA) is 93.0 Å². The molecule has 1 N–H and O–H groups in total. The minimum absolute atomic E-state index is 0.0277. The second kappa shape index (κ2) is 8.08. The predicted octanol–water partition coefficient (Wildman–Crippen LogP) is 2.34. The first-order valence-electron chi connectivity index (χ1n) is 9.20. The molecule has 1 aliphatic rings. The fourth-order valence-corrected chi connectivity index (χ4v) is 4.12. The number of halogens is 1. The van der Waals surface area contributed by atoms with E-state index in [1.54, 1.807) is 11.8 Å². The SMILES string of the molecule is Cc1nnnn1-c1ccc(F)c(NC(=O)C2CCCN2C(=O)Cc2cccs2)c1. The lowest BCUT2D eigenvalue weighted by atomic mass is 10.2. The van der Waals surface area contributed by atoms with Crippen molar-refractivity contribution in [2.24, 2.45) is 0 Å². The molecule has 1 saturated heterocycles. The number of hydrogen-bond acceptors (Lipinski definition) is 6. The van der Waals surface area contributed by atoms with Crippen molar-refractivity contribution < 1.29 is 14.0 Å². The van der Waals surface area contributed by atoms with E-state index in [0.29, 0.717) is 24.5 Å². The number of nitrogens with one attached hydrogen (secondary N) is 1. The first-order valence-corrected chi connectivity index (χ1v) is 10.1. The van der Waals surface area contributed by atoms with Gasteiger partial charge in [0.2, 0.25) is 11.8 Å². The molecule has 3 aromatic rings. The monoisotopic (exact) mass is 414 g/mol. The average molecular weight is 414 g/mol. The molecule has 0 aliphatic carbocycles. The lowest BCUT2D eigenvalue weighted by Gasteiger charge is -2.24. The zero-order chi connectivity index (χ0) is 20.4. The number of rotatable bonds is 5.